The van der Waals surface area contributed by atoms with Gasteiger partial charge in [0.05, 0.1) is 11.9 Å². The molecule has 0 aliphatic heterocycles. The predicted octanol–water partition coefficient (Wildman–Crippen LogP) is 3.43. The van der Waals surface area contributed by atoms with Gasteiger partial charge in [-0.1, -0.05) is 41.9 Å². The lowest BCUT2D eigenvalue weighted by molar-refractivity contribution is -0.127. The van der Waals surface area contributed by atoms with Crippen LogP contribution < -0.4 is 4.74 Å². The Balaban J connectivity index is 2.33. The Hall–Kier alpha value is -1.03. The molecular formula is C15H22BrNO2. The largest absolute Gasteiger partial charge is 0.494 e. The van der Waals surface area contributed by atoms with Crippen molar-refractivity contribution in [3.63, 3.8) is 0 Å². The van der Waals surface area contributed by atoms with Crippen LogP contribution in [0.25, 0.3) is 0 Å². The summed E-state index contributed by atoms with van der Waals surface area (Å²) in [5.74, 6) is 1.51. The van der Waals surface area contributed by atoms with Crippen molar-refractivity contribution in [2.24, 2.45) is 0 Å². The zero-order valence-electron chi connectivity index (χ0n) is 11.9. The third-order valence-corrected chi connectivity index (χ3v) is 3.45. The molecule has 1 amide bonds. The summed E-state index contributed by atoms with van der Waals surface area (Å²) >= 11 is 3.16. The van der Waals surface area contributed by atoms with Crippen LogP contribution in [0.5, 0.6) is 5.75 Å². The summed E-state index contributed by atoms with van der Waals surface area (Å²) in [5.41, 5.74) is 1.28. The fourth-order valence-corrected chi connectivity index (χ4v) is 2.11. The van der Waals surface area contributed by atoms with E-state index in [2.05, 4.69) is 41.9 Å². The summed E-state index contributed by atoms with van der Waals surface area (Å²) in [6.45, 7) is 5.68. The van der Waals surface area contributed by atoms with Crippen molar-refractivity contribution < 1.29 is 9.53 Å². The van der Waals surface area contributed by atoms with Gasteiger partial charge in [-0.15, -0.1) is 0 Å². The molecule has 1 rings (SSSR count). The maximum atomic E-state index is 11.3. The Morgan fingerprint density at radius 3 is 2.79 bits per heavy atom. The van der Waals surface area contributed by atoms with E-state index in [1.807, 2.05) is 19.2 Å². The van der Waals surface area contributed by atoms with E-state index in [9.17, 15) is 4.79 Å². The minimum absolute atomic E-state index is 0.0989. The Kier molecular flexibility index (Phi) is 6.92. The molecule has 0 radical (unpaired) electrons. The minimum atomic E-state index is 0.0989. The number of benzene rings is 1. The number of alkyl halides is 1. The van der Waals surface area contributed by atoms with Crippen LogP contribution in [0.15, 0.2) is 24.3 Å². The molecule has 0 bridgehead atoms. The molecule has 0 fully saturated rings. The van der Waals surface area contributed by atoms with Crippen LogP contribution in [0, 0.1) is 0 Å². The van der Waals surface area contributed by atoms with Crippen molar-refractivity contribution >= 4 is 21.8 Å². The standard InChI is InChI=1S/C15H22BrNO2/c1-12(2)13-6-4-7-14(10-13)19-9-5-8-17(3)15(18)11-16/h4,6-7,10,12H,5,8-9,11H2,1-3H3. The normalized spacial score (nSPS) is 10.6. The lowest BCUT2D eigenvalue weighted by atomic mass is 10.0. The highest BCUT2D eigenvalue weighted by Crippen LogP contribution is 2.20. The van der Waals surface area contributed by atoms with E-state index >= 15 is 0 Å². The van der Waals surface area contributed by atoms with E-state index < -0.39 is 0 Å². The van der Waals surface area contributed by atoms with Gasteiger partial charge in [0.1, 0.15) is 5.75 Å². The molecule has 0 unspecified atom stereocenters. The molecule has 0 N–H and O–H groups in total. The van der Waals surface area contributed by atoms with Gasteiger partial charge in [-0.05, 0) is 30.0 Å². The lowest BCUT2D eigenvalue weighted by Gasteiger charge is -2.16. The highest BCUT2D eigenvalue weighted by Gasteiger charge is 2.06. The predicted molar refractivity (Wildman–Crippen MR) is 82.1 cm³/mol. The van der Waals surface area contributed by atoms with E-state index in [0.29, 0.717) is 24.4 Å². The third-order valence-electron chi connectivity index (χ3n) is 2.97. The summed E-state index contributed by atoms with van der Waals surface area (Å²) in [6, 6.07) is 8.18. The van der Waals surface area contributed by atoms with Gasteiger partial charge >= 0.3 is 0 Å². The Morgan fingerprint density at radius 1 is 1.42 bits per heavy atom. The summed E-state index contributed by atoms with van der Waals surface area (Å²) in [4.78, 5) is 13.0. The molecule has 0 aliphatic carbocycles. The SMILES string of the molecule is CC(C)c1cccc(OCCCN(C)C(=O)CBr)c1. The first-order chi connectivity index (χ1) is 9.04. The zero-order chi connectivity index (χ0) is 14.3. The first kappa shape index (κ1) is 16.0. The van der Waals surface area contributed by atoms with Crippen LogP contribution in [-0.2, 0) is 4.79 Å². The smallest absolute Gasteiger partial charge is 0.232 e. The molecule has 0 aliphatic rings. The molecule has 3 nitrogen and oxygen atoms in total. The van der Waals surface area contributed by atoms with Crippen molar-refractivity contribution in [1.29, 1.82) is 0 Å². The molecule has 1 aromatic rings. The highest BCUT2D eigenvalue weighted by atomic mass is 79.9. The molecule has 0 atom stereocenters. The Morgan fingerprint density at radius 2 is 2.16 bits per heavy atom. The number of carbonyl (C=O) groups is 1. The van der Waals surface area contributed by atoms with E-state index in [4.69, 9.17) is 4.74 Å². The number of hydrogen-bond donors (Lipinski definition) is 0. The van der Waals surface area contributed by atoms with Crippen molar-refractivity contribution in [1.82, 2.24) is 4.90 Å². The number of hydrogen-bond acceptors (Lipinski definition) is 2. The van der Waals surface area contributed by atoms with Crippen molar-refractivity contribution in [3.8, 4) is 5.75 Å². The fourth-order valence-electron chi connectivity index (χ4n) is 1.68. The second-order valence-corrected chi connectivity index (χ2v) is 5.44. The fraction of sp³-hybridized carbons (Fsp3) is 0.533. The lowest BCUT2D eigenvalue weighted by Crippen LogP contribution is -2.29. The maximum Gasteiger partial charge on any atom is 0.232 e. The number of amides is 1. The number of carbonyl (C=O) groups excluding carboxylic acids is 1. The maximum absolute atomic E-state index is 11.3. The first-order valence-electron chi connectivity index (χ1n) is 6.57. The van der Waals surface area contributed by atoms with Crippen LogP contribution in [0.4, 0.5) is 0 Å². The van der Waals surface area contributed by atoms with Crippen molar-refractivity contribution in [3.05, 3.63) is 29.8 Å². The summed E-state index contributed by atoms with van der Waals surface area (Å²) in [7, 11) is 1.81. The topological polar surface area (TPSA) is 29.5 Å². The average molecular weight is 328 g/mol. The van der Waals surface area contributed by atoms with Crippen LogP contribution >= 0.6 is 15.9 Å². The number of ether oxygens (including phenoxy) is 1. The van der Waals surface area contributed by atoms with E-state index in [0.717, 1.165) is 12.2 Å². The third kappa shape index (κ3) is 5.64. The van der Waals surface area contributed by atoms with E-state index in [-0.39, 0.29) is 5.91 Å². The second kappa shape index (κ2) is 8.20. The molecule has 4 heteroatoms. The van der Waals surface area contributed by atoms with Gasteiger partial charge in [-0.25, -0.2) is 0 Å². The molecule has 1 aromatic carbocycles. The van der Waals surface area contributed by atoms with Crippen molar-refractivity contribution in [2.75, 3.05) is 25.5 Å². The molecule has 106 valence electrons. The van der Waals surface area contributed by atoms with Crippen LogP contribution in [0.1, 0.15) is 31.7 Å². The number of nitrogens with zero attached hydrogens (tertiary/aromatic N) is 1. The molecule has 19 heavy (non-hydrogen) atoms. The van der Waals surface area contributed by atoms with Crippen molar-refractivity contribution in [2.45, 2.75) is 26.2 Å². The summed E-state index contributed by atoms with van der Waals surface area (Å²) in [5, 5.41) is 0.376. The molecule has 0 aromatic heterocycles. The van der Waals surface area contributed by atoms with Crippen LogP contribution in [0.3, 0.4) is 0 Å². The molecule has 0 spiro atoms. The summed E-state index contributed by atoms with van der Waals surface area (Å²) < 4.78 is 5.71. The second-order valence-electron chi connectivity index (χ2n) is 4.88. The van der Waals surface area contributed by atoms with Gasteiger partial charge in [0.25, 0.3) is 0 Å². The molecule has 0 saturated carbocycles. The van der Waals surface area contributed by atoms with E-state index in [1.165, 1.54) is 5.56 Å². The first-order valence-corrected chi connectivity index (χ1v) is 7.69. The monoisotopic (exact) mass is 327 g/mol. The Bertz CT molecular complexity index is 407. The average Bonchev–Trinajstić information content (AvgIpc) is 2.42. The van der Waals surface area contributed by atoms with Gasteiger partial charge in [-0.2, -0.15) is 0 Å². The molecular weight excluding hydrogens is 306 g/mol. The number of halogens is 1. The van der Waals surface area contributed by atoms with Gasteiger partial charge in [-0.3, -0.25) is 4.79 Å². The highest BCUT2D eigenvalue weighted by molar-refractivity contribution is 9.09. The van der Waals surface area contributed by atoms with Gasteiger partial charge in [0.2, 0.25) is 5.91 Å². The van der Waals surface area contributed by atoms with Crippen LogP contribution in [-0.4, -0.2) is 36.3 Å². The molecule has 0 saturated heterocycles. The minimum Gasteiger partial charge on any atom is -0.494 e. The Labute approximate surface area is 124 Å². The number of rotatable bonds is 7. The van der Waals surface area contributed by atoms with Crippen LogP contribution in [0.2, 0.25) is 0 Å². The zero-order valence-corrected chi connectivity index (χ0v) is 13.4. The van der Waals surface area contributed by atoms with Gasteiger partial charge in [0.15, 0.2) is 0 Å². The summed E-state index contributed by atoms with van der Waals surface area (Å²) in [6.07, 6.45) is 0.834. The van der Waals surface area contributed by atoms with Gasteiger partial charge in [0, 0.05) is 13.6 Å². The molecule has 0 heterocycles. The van der Waals surface area contributed by atoms with E-state index in [1.54, 1.807) is 4.90 Å². The van der Waals surface area contributed by atoms with Gasteiger partial charge < -0.3 is 9.64 Å². The quantitative estimate of drug-likeness (QED) is 0.567.